The molecule has 1 aliphatic rings. The molecule has 1 aliphatic carbocycles. The molecule has 36 heavy (non-hydrogen) atoms. The lowest BCUT2D eigenvalue weighted by Gasteiger charge is -2.37. The molecular weight excluding hydrogens is 489 g/mol. The average Bonchev–Trinajstić information content (AvgIpc) is 3.27. The minimum absolute atomic E-state index is 0.0818. The van der Waals surface area contributed by atoms with E-state index < -0.39 is 37.6 Å². The van der Waals surface area contributed by atoms with Crippen molar-refractivity contribution in [1.29, 1.82) is 5.53 Å². The van der Waals surface area contributed by atoms with Crippen LogP contribution in [0.25, 0.3) is 16.6 Å². The lowest BCUT2D eigenvalue weighted by atomic mass is 9.82. The van der Waals surface area contributed by atoms with Crippen LogP contribution in [-0.4, -0.2) is 57.6 Å². The maximum absolute atomic E-state index is 13.1. The number of ether oxygens (including phenoxy) is 1. The topological polar surface area (TPSA) is 120 Å². The highest BCUT2D eigenvalue weighted by atomic mass is 19.4. The molecule has 0 unspecified atom stereocenters. The number of hydrogen-bond acceptors (Lipinski definition) is 8. The van der Waals surface area contributed by atoms with Crippen molar-refractivity contribution in [2.45, 2.75) is 49.9 Å². The Bertz CT molecular complexity index is 1240. The quantitative estimate of drug-likeness (QED) is 0.237. The van der Waals surface area contributed by atoms with Gasteiger partial charge in [-0.2, -0.15) is 23.3 Å². The molecule has 0 bridgehead atoms. The molecule has 0 saturated heterocycles. The number of aliphatic hydroxyl groups is 1. The van der Waals surface area contributed by atoms with Gasteiger partial charge in [0.1, 0.15) is 11.2 Å². The second-order valence-electron chi connectivity index (χ2n) is 8.53. The molecule has 4 N–H and O–H groups in total. The van der Waals surface area contributed by atoms with Gasteiger partial charge in [-0.15, -0.1) is 5.10 Å². The Hall–Kier alpha value is -3.55. The summed E-state index contributed by atoms with van der Waals surface area (Å²) in [7, 11) is 1.41. The summed E-state index contributed by atoms with van der Waals surface area (Å²) in [5.74, 6) is 0.332. The van der Waals surface area contributed by atoms with E-state index in [1.807, 2.05) is 0 Å². The van der Waals surface area contributed by atoms with Crippen molar-refractivity contribution >= 4 is 22.8 Å². The van der Waals surface area contributed by atoms with Crippen LogP contribution in [0.4, 0.5) is 39.3 Å². The van der Waals surface area contributed by atoms with Gasteiger partial charge in [0, 0.05) is 17.8 Å². The molecule has 1 saturated carbocycles. The van der Waals surface area contributed by atoms with Crippen LogP contribution in [0.2, 0.25) is 0 Å². The Labute approximate surface area is 202 Å². The standard InChI is InChI=1S/C22H24F5N7O2/c1-36-19-18-14(12-2-3-15(32-28)16(10-12)29-11-17(23)24)6-9-34(18)33-20(31-19)30-13-4-7-21(35,8-5-13)22(25,26)27/h2-3,6,9-10,13,17,28-29,35H,4-5,7-8,11H2,1H3,(H,30,33). The number of rotatable bonds is 8. The largest absolute Gasteiger partial charge is 0.479 e. The molecule has 0 spiro atoms. The maximum Gasteiger partial charge on any atom is 0.417 e. The summed E-state index contributed by atoms with van der Waals surface area (Å²) in [5.41, 5.74) is 6.76. The Morgan fingerprint density at radius 2 is 2.00 bits per heavy atom. The molecule has 4 rings (SSSR count). The van der Waals surface area contributed by atoms with Crippen LogP contribution in [0, 0.1) is 5.53 Å². The number of nitrogens with one attached hydrogen (secondary N) is 3. The monoisotopic (exact) mass is 513 g/mol. The van der Waals surface area contributed by atoms with Crippen LogP contribution < -0.4 is 15.4 Å². The first-order chi connectivity index (χ1) is 17.0. The first-order valence-electron chi connectivity index (χ1n) is 11.1. The fraction of sp³-hybridized carbons (Fsp3) is 0.455. The van der Waals surface area contributed by atoms with Crippen molar-refractivity contribution < 1.29 is 31.8 Å². The van der Waals surface area contributed by atoms with E-state index in [4.69, 9.17) is 10.3 Å². The van der Waals surface area contributed by atoms with Crippen molar-refractivity contribution in [3.63, 3.8) is 0 Å². The number of anilines is 2. The van der Waals surface area contributed by atoms with Crippen molar-refractivity contribution in [3.8, 4) is 17.0 Å². The van der Waals surface area contributed by atoms with Gasteiger partial charge in [0.15, 0.2) is 5.60 Å². The number of benzene rings is 1. The first kappa shape index (κ1) is 25.5. The van der Waals surface area contributed by atoms with Crippen molar-refractivity contribution in [2.24, 2.45) is 5.11 Å². The summed E-state index contributed by atoms with van der Waals surface area (Å²) < 4.78 is 71.5. The van der Waals surface area contributed by atoms with Gasteiger partial charge < -0.3 is 20.5 Å². The van der Waals surface area contributed by atoms with Gasteiger partial charge in [-0.05, 0) is 49.4 Å². The Morgan fingerprint density at radius 3 is 2.61 bits per heavy atom. The number of hydrogen-bond donors (Lipinski definition) is 4. The smallest absolute Gasteiger partial charge is 0.417 e. The minimum Gasteiger partial charge on any atom is -0.479 e. The van der Waals surface area contributed by atoms with E-state index in [-0.39, 0.29) is 42.1 Å². The van der Waals surface area contributed by atoms with E-state index in [0.717, 1.165) is 0 Å². The molecule has 0 radical (unpaired) electrons. The zero-order valence-electron chi connectivity index (χ0n) is 19.1. The van der Waals surface area contributed by atoms with E-state index in [9.17, 15) is 27.1 Å². The van der Waals surface area contributed by atoms with E-state index in [1.54, 1.807) is 24.4 Å². The predicted molar refractivity (Wildman–Crippen MR) is 121 cm³/mol. The summed E-state index contributed by atoms with van der Waals surface area (Å²) in [6, 6.07) is 6.14. The van der Waals surface area contributed by atoms with Gasteiger partial charge in [0.25, 0.3) is 6.43 Å². The number of halogens is 5. The van der Waals surface area contributed by atoms with Crippen molar-refractivity contribution in [2.75, 3.05) is 24.3 Å². The number of fused-ring (bicyclic) bond motifs is 1. The molecule has 9 nitrogen and oxygen atoms in total. The lowest BCUT2D eigenvalue weighted by molar-refractivity contribution is -0.269. The van der Waals surface area contributed by atoms with Gasteiger partial charge in [-0.1, -0.05) is 6.07 Å². The number of methoxy groups -OCH3 is 1. The Balaban J connectivity index is 1.60. The summed E-state index contributed by atoms with van der Waals surface area (Å²) in [5, 5.41) is 23.2. The zero-order valence-corrected chi connectivity index (χ0v) is 19.1. The van der Waals surface area contributed by atoms with Crippen LogP contribution in [-0.2, 0) is 0 Å². The van der Waals surface area contributed by atoms with Crippen LogP contribution in [0.15, 0.2) is 35.6 Å². The van der Waals surface area contributed by atoms with Gasteiger partial charge in [-0.3, -0.25) is 0 Å². The van der Waals surface area contributed by atoms with Gasteiger partial charge in [-0.25, -0.2) is 18.8 Å². The Morgan fingerprint density at radius 1 is 1.28 bits per heavy atom. The molecule has 0 atom stereocenters. The summed E-state index contributed by atoms with van der Waals surface area (Å²) in [6.45, 7) is -0.606. The van der Waals surface area contributed by atoms with Crippen LogP contribution in [0.3, 0.4) is 0 Å². The highest BCUT2D eigenvalue weighted by Crippen LogP contribution is 2.42. The lowest BCUT2D eigenvalue weighted by Crippen LogP contribution is -2.49. The van der Waals surface area contributed by atoms with Crippen molar-refractivity contribution in [3.05, 3.63) is 30.5 Å². The third-order valence-corrected chi connectivity index (χ3v) is 6.22. The van der Waals surface area contributed by atoms with E-state index in [0.29, 0.717) is 16.6 Å². The van der Waals surface area contributed by atoms with Gasteiger partial charge in [0.2, 0.25) is 11.8 Å². The van der Waals surface area contributed by atoms with E-state index in [1.165, 1.54) is 17.7 Å². The molecule has 0 aliphatic heterocycles. The highest BCUT2D eigenvalue weighted by Gasteiger charge is 2.54. The molecule has 1 aromatic carbocycles. The van der Waals surface area contributed by atoms with Crippen LogP contribution in [0.1, 0.15) is 25.7 Å². The molecule has 1 fully saturated rings. The number of nitrogens with zero attached hydrogens (tertiary/aromatic N) is 4. The van der Waals surface area contributed by atoms with Crippen LogP contribution in [0.5, 0.6) is 5.88 Å². The second kappa shape index (κ2) is 9.84. The SMILES string of the molecule is COc1nc(NC2CCC(O)(C(F)(F)F)CC2)nn2ccc(-c3ccc(N=N)c(NCC(F)F)c3)c12. The van der Waals surface area contributed by atoms with Gasteiger partial charge >= 0.3 is 6.18 Å². The fourth-order valence-corrected chi connectivity index (χ4v) is 4.26. The predicted octanol–water partition coefficient (Wildman–Crippen LogP) is 5.39. The first-order valence-corrected chi connectivity index (χ1v) is 11.1. The average molecular weight is 513 g/mol. The van der Waals surface area contributed by atoms with E-state index in [2.05, 4.69) is 25.8 Å². The summed E-state index contributed by atoms with van der Waals surface area (Å²) in [4.78, 5) is 4.36. The fourth-order valence-electron chi connectivity index (χ4n) is 4.26. The van der Waals surface area contributed by atoms with E-state index >= 15 is 0 Å². The third-order valence-electron chi connectivity index (χ3n) is 6.22. The number of alkyl halides is 5. The molecule has 0 amide bonds. The normalized spacial score (nSPS) is 20.5. The Kier molecular flexibility index (Phi) is 6.98. The second-order valence-corrected chi connectivity index (χ2v) is 8.53. The number of aromatic nitrogens is 3. The van der Waals surface area contributed by atoms with Crippen molar-refractivity contribution in [1.82, 2.24) is 14.6 Å². The highest BCUT2D eigenvalue weighted by molar-refractivity contribution is 5.87. The summed E-state index contributed by atoms with van der Waals surface area (Å²) >= 11 is 0. The maximum atomic E-state index is 13.1. The molecule has 194 valence electrons. The van der Waals surface area contributed by atoms with Gasteiger partial charge in [0.05, 0.1) is 19.3 Å². The summed E-state index contributed by atoms with van der Waals surface area (Å²) in [6.07, 6.45) is -6.32. The molecule has 2 aromatic heterocycles. The molecular formula is C22H24F5N7O2. The molecule has 14 heteroatoms. The zero-order chi connectivity index (χ0) is 26.1. The molecule has 2 heterocycles. The third kappa shape index (κ3) is 5.03. The molecule has 3 aromatic rings. The minimum atomic E-state index is -4.68. The van der Waals surface area contributed by atoms with Crippen LogP contribution >= 0.6 is 0 Å².